The summed E-state index contributed by atoms with van der Waals surface area (Å²) in [5, 5.41) is 27.8. The average Bonchev–Trinajstić information content (AvgIpc) is 2.09. The lowest BCUT2D eigenvalue weighted by molar-refractivity contribution is 0.294. The van der Waals surface area contributed by atoms with E-state index in [0.717, 1.165) is 0 Å². The van der Waals surface area contributed by atoms with Gasteiger partial charge < -0.3 is 15.3 Å². The van der Waals surface area contributed by atoms with Crippen molar-refractivity contribution in [2.24, 2.45) is 0 Å². The third kappa shape index (κ3) is 2.38. The van der Waals surface area contributed by atoms with Gasteiger partial charge in [0.2, 0.25) is 0 Å². The fourth-order valence-electron chi connectivity index (χ4n) is 0.997. The number of aliphatic hydroxyl groups is 1. The van der Waals surface area contributed by atoms with Crippen LogP contribution in [-0.4, -0.2) is 21.9 Å². The summed E-state index contributed by atoms with van der Waals surface area (Å²) in [6, 6.07) is 1.69. The number of halogens is 2. The van der Waals surface area contributed by atoms with Crippen LogP contribution in [0.5, 0.6) is 11.5 Å². The molecule has 0 saturated carbocycles. The van der Waals surface area contributed by atoms with Gasteiger partial charge in [0.1, 0.15) is 11.5 Å². The van der Waals surface area contributed by atoms with E-state index in [0.29, 0.717) is 12.7 Å². The van der Waals surface area contributed by atoms with Gasteiger partial charge in [-0.15, -0.1) is 0 Å². The Kier molecular flexibility index (Phi) is 4.05. The van der Waals surface area contributed by atoms with Crippen LogP contribution in [0.4, 0.5) is 0 Å². The summed E-state index contributed by atoms with van der Waals surface area (Å²) >= 11 is 3.97. The minimum atomic E-state index is -0.0860. The van der Waals surface area contributed by atoms with Gasteiger partial charge in [0.05, 0.1) is 7.14 Å². The quantitative estimate of drug-likeness (QED) is 0.658. The average molecular weight is 406 g/mol. The molecule has 13 heavy (non-hydrogen) atoms. The van der Waals surface area contributed by atoms with Crippen LogP contribution in [0.2, 0.25) is 0 Å². The molecule has 1 aromatic rings. The number of hydrogen-bond acceptors (Lipinski definition) is 3. The lowest BCUT2D eigenvalue weighted by atomic mass is 10.1. The van der Waals surface area contributed by atoms with Crippen LogP contribution >= 0.6 is 45.2 Å². The van der Waals surface area contributed by atoms with Crippen LogP contribution in [-0.2, 0) is 6.42 Å². The van der Waals surface area contributed by atoms with Crippen molar-refractivity contribution in [3.8, 4) is 11.5 Å². The summed E-state index contributed by atoms with van der Waals surface area (Å²) in [5.74, 6) is 0.125. The Morgan fingerprint density at radius 3 is 1.92 bits per heavy atom. The molecule has 0 saturated heterocycles. The van der Waals surface area contributed by atoms with Crippen molar-refractivity contribution >= 4 is 45.2 Å². The Labute approximate surface area is 103 Å². The predicted octanol–water partition coefficient (Wildman–Crippen LogP) is 1.84. The van der Waals surface area contributed by atoms with Crippen molar-refractivity contribution in [1.29, 1.82) is 0 Å². The zero-order valence-electron chi connectivity index (χ0n) is 6.59. The smallest absolute Gasteiger partial charge is 0.135 e. The third-order valence-corrected chi connectivity index (χ3v) is 3.28. The normalized spacial score (nSPS) is 10.4. The number of aliphatic hydroxyl groups excluding tert-OH is 1. The molecule has 3 N–H and O–H groups in total. The Morgan fingerprint density at radius 2 is 1.54 bits per heavy atom. The van der Waals surface area contributed by atoms with Gasteiger partial charge in [-0.2, -0.15) is 0 Å². The second kappa shape index (κ2) is 4.65. The SMILES string of the molecule is OCCc1c(O)c(I)cc(I)c1O. The number of hydrogen-bond donors (Lipinski definition) is 3. The molecule has 0 aliphatic carbocycles. The standard InChI is InChI=1S/C8H8I2O3/c9-5-3-6(10)8(13)4(1-2-11)7(5)12/h3,11-13H,1-2H2. The molecule has 5 heteroatoms. The zero-order chi connectivity index (χ0) is 10.0. The molecule has 3 nitrogen and oxygen atoms in total. The molecule has 1 aromatic carbocycles. The van der Waals surface area contributed by atoms with Gasteiger partial charge >= 0.3 is 0 Å². The summed E-state index contributed by atoms with van der Waals surface area (Å²) in [4.78, 5) is 0. The highest BCUT2D eigenvalue weighted by Crippen LogP contribution is 2.35. The van der Waals surface area contributed by atoms with Crippen molar-refractivity contribution in [1.82, 2.24) is 0 Å². The second-order valence-electron chi connectivity index (χ2n) is 2.49. The summed E-state index contributed by atoms with van der Waals surface area (Å²) < 4.78 is 1.37. The van der Waals surface area contributed by atoms with Crippen molar-refractivity contribution < 1.29 is 15.3 Å². The van der Waals surface area contributed by atoms with Crippen molar-refractivity contribution in [3.63, 3.8) is 0 Å². The van der Waals surface area contributed by atoms with Crippen molar-refractivity contribution in [2.45, 2.75) is 6.42 Å². The summed E-state index contributed by atoms with van der Waals surface area (Å²) in [6.07, 6.45) is 0.268. The highest BCUT2D eigenvalue weighted by atomic mass is 127. The Balaban J connectivity index is 3.28. The topological polar surface area (TPSA) is 60.7 Å². The first kappa shape index (κ1) is 11.3. The molecule has 72 valence electrons. The number of phenolic OH excluding ortho intramolecular Hbond substituents is 2. The molecule has 0 aliphatic rings. The highest BCUT2D eigenvalue weighted by molar-refractivity contribution is 14.1. The summed E-state index contributed by atoms with van der Waals surface area (Å²) in [5.41, 5.74) is 0.416. The van der Waals surface area contributed by atoms with Crippen LogP contribution in [0, 0.1) is 7.14 Å². The van der Waals surface area contributed by atoms with E-state index in [1.165, 1.54) is 0 Å². The third-order valence-electron chi connectivity index (χ3n) is 1.64. The van der Waals surface area contributed by atoms with E-state index in [2.05, 4.69) is 0 Å². The second-order valence-corrected chi connectivity index (χ2v) is 4.81. The molecule has 0 bridgehead atoms. The fourth-order valence-corrected chi connectivity index (χ4v) is 2.87. The van der Waals surface area contributed by atoms with Gasteiger partial charge in [-0.3, -0.25) is 0 Å². The molecular weight excluding hydrogens is 398 g/mol. The first-order chi connectivity index (χ1) is 6.07. The number of benzene rings is 1. The molecule has 0 atom stereocenters. The van der Waals surface area contributed by atoms with E-state index in [-0.39, 0.29) is 24.5 Å². The zero-order valence-corrected chi connectivity index (χ0v) is 10.9. The molecule has 1 rings (SSSR count). The van der Waals surface area contributed by atoms with Crippen LogP contribution < -0.4 is 0 Å². The maximum Gasteiger partial charge on any atom is 0.135 e. The van der Waals surface area contributed by atoms with Gasteiger partial charge in [-0.1, -0.05) is 0 Å². The van der Waals surface area contributed by atoms with E-state index in [4.69, 9.17) is 5.11 Å². The van der Waals surface area contributed by atoms with Gasteiger partial charge in [-0.05, 0) is 51.2 Å². The molecular formula is C8H8I2O3. The number of aromatic hydroxyl groups is 2. The number of rotatable bonds is 2. The lowest BCUT2D eigenvalue weighted by Crippen LogP contribution is -1.95. The van der Waals surface area contributed by atoms with Crippen LogP contribution in [0.3, 0.4) is 0 Å². The minimum Gasteiger partial charge on any atom is -0.506 e. The van der Waals surface area contributed by atoms with Crippen molar-refractivity contribution in [3.05, 3.63) is 18.8 Å². The van der Waals surface area contributed by atoms with E-state index in [1.807, 2.05) is 45.2 Å². The summed E-state index contributed by atoms with van der Waals surface area (Å²) in [6.45, 7) is -0.0860. The molecule has 0 aliphatic heterocycles. The van der Waals surface area contributed by atoms with E-state index < -0.39 is 0 Å². The monoisotopic (exact) mass is 406 g/mol. The minimum absolute atomic E-state index is 0.0626. The molecule has 0 spiro atoms. The van der Waals surface area contributed by atoms with E-state index in [9.17, 15) is 10.2 Å². The van der Waals surface area contributed by atoms with Crippen LogP contribution in [0.1, 0.15) is 5.56 Å². The Morgan fingerprint density at radius 1 is 1.08 bits per heavy atom. The summed E-state index contributed by atoms with van der Waals surface area (Å²) in [7, 11) is 0. The number of phenols is 2. The van der Waals surface area contributed by atoms with Crippen LogP contribution in [0.25, 0.3) is 0 Å². The van der Waals surface area contributed by atoms with Crippen molar-refractivity contribution in [2.75, 3.05) is 6.61 Å². The van der Waals surface area contributed by atoms with Gasteiger partial charge in [-0.25, -0.2) is 0 Å². The Bertz CT molecular complexity index is 299. The molecule has 0 amide bonds. The van der Waals surface area contributed by atoms with Gasteiger partial charge in [0.15, 0.2) is 0 Å². The first-order valence-corrected chi connectivity index (χ1v) is 5.73. The van der Waals surface area contributed by atoms with E-state index >= 15 is 0 Å². The molecule has 0 aromatic heterocycles. The maximum absolute atomic E-state index is 9.55. The highest BCUT2D eigenvalue weighted by Gasteiger charge is 2.13. The maximum atomic E-state index is 9.55. The molecule has 0 fully saturated rings. The molecule has 0 unspecified atom stereocenters. The molecule has 0 radical (unpaired) electrons. The lowest BCUT2D eigenvalue weighted by Gasteiger charge is -2.09. The van der Waals surface area contributed by atoms with Gasteiger partial charge in [0, 0.05) is 18.6 Å². The Hall–Kier alpha value is 0.240. The van der Waals surface area contributed by atoms with Crippen LogP contribution in [0.15, 0.2) is 6.07 Å². The first-order valence-electron chi connectivity index (χ1n) is 3.57. The predicted molar refractivity (Wildman–Crippen MR) is 66.0 cm³/mol. The largest absolute Gasteiger partial charge is 0.506 e. The van der Waals surface area contributed by atoms with Gasteiger partial charge in [0.25, 0.3) is 0 Å². The van der Waals surface area contributed by atoms with E-state index in [1.54, 1.807) is 6.07 Å². The fraction of sp³-hybridized carbons (Fsp3) is 0.250. The molecule has 0 heterocycles.